The molecule has 30 heavy (non-hydrogen) atoms. The van der Waals surface area contributed by atoms with Gasteiger partial charge in [-0.15, -0.1) is 0 Å². The third-order valence-electron chi connectivity index (χ3n) is 4.96. The van der Waals surface area contributed by atoms with Crippen molar-refractivity contribution >= 4 is 5.91 Å². The molecule has 0 aliphatic carbocycles. The van der Waals surface area contributed by atoms with Crippen molar-refractivity contribution in [3.8, 4) is 16.9 Å². The molecule has 150 valence electrons. The SMILES string of the molecule is Cc1ccc(-n2nc(-c3ccccc3)cc2C(=O)NCc2ccc(F)cc2)c(C)c1. The average molecular weight is 399 g/mol. The van der Waals surface area contributed by atoms with Gasteiger partial charge in [0.15, 0.2) is 0 Å². The summed E-state index contributed by atoms with van der Waals surface area (Å²) in [5.41, 5.74) is 5.97. The van der Waals surface area contributed by atoms with Gasteiger partial charge in [0.25, 0.3) is 5.91 Å². The molecule has 3 aromatic carbocycles. The van der Waals surface area contributed by atoms with Gasteiger partial charge in [0.05, 0.1) is 11.4 Å². The summed E-state index contributed by atoms with van der Waals surface area (Å²) in [5, 5.41) is 7.65. The summed E-state index contributed by atoms with van der Waals surface area (Å²) in [4.78, 5) is 13.1. The van der Waals surface area contributed by atoms with Crippen molar-refractivity contribution in [3.63, 3.8) is 0 Å². The number of hydrogen-bond acceptors (Lipinski definition) is 2. The van der Waals surface area contributed by atoms with Crippen LogP contribution in [0.1, 0.15) is 27.2 Å². The number of carbonyl (C=O) groups excluding carboxylic acids is 1. The van der Waals surface area contributed by atoms with Gasteiger partial charge in [-0.05, 0) is 49.2 Å². The van der Waals surface area contributed by atoms with Crippen LogP contribution >= 0.6 is 0 Å². The van der Waals surface area contributed by atoms with Crippen LogP contribution in [0.5, 0.6) is 0 Å². The number of nitrogens with zero attached hydrogens (tertiary/aromatic N) is 2. The maximum Gasteiger partial charge on any atom is 0.270 e. The van der Waals surface area contributed by atoms with E-state index in [1.807, 2.05) is 56.3 Å². The van der Waals surface area contributed by atoms with Gasteiger partial charge in [-0.25, -0.2) is 9.07 Å². The van der Waals surface area contributed by atoms with E-state index in [-0.39, 0.29) is 11.7 Å². The number of aromatic nitrogens is 2. The summed E-state index contributed by atoms with van der Waals surface area (Å²) in [7, 11) is 0. The molecule has 0 radical (unpaired) electrons. The van der Waals surface area contributed by atoms with E-state index in [1.165, 1.54) is 12.1 Å². The third kappa shape index (κ3) is 4.15. The molecule has 4 aromatic rings. The molecule has 1 heterocycles. The maximum absolute atomic E-state index is 13.1. The standard InChI is InChI=1S/C25H22FN3O/c1-17-8-13-23(18(2)14-17)29-24(15-22(28-29)20-6-4-3-5-7-20)25(30)27-16-19-9-11-21(26)12-10-19/h3-15H,16H2,1-2H3,(H,27,30). The zero-order valence-electron chi connectivity index (χ0n) is 16.9. The Morgan fingerprint density at radius 1 is 0.967 bits per heavy atom. The lowest BCUT2D eigenvalue weighted by Crippen LogP contribution is -2.25. The smallest absolute Gasteiger partial charge is 0.270 e. The fraction of sp³-hybridized carbons (Fsp3) is 0.120. The lowest BCUT2D eigenvalue weighted by atomic mass is 10.1. The Morgan fingerprint density at radius 2 is 1.70 bits per heavy atom. The molecule has 1 N–H and O–H groups in total. The first-order chi connectivity index (χ1) is 14.5. The van der Waals surface area contributed by atoms with Crippen LogP contribution in [0.3, 0.4) is 0 Å². The van der Waals surface area contributed by atoms with E-state index < -0.39 is 0 Å². The maximum atomic E-state index is 13.1. The van der Waals surface area contributed by atoms with E-state index in [1.54, 1.807) is 22.9 Å². The summed E-state index contributed by atoms with van der Waals surface area (Å²) < 4.78 is 14.8. The highest BCUT2D eigenvalue weighted by molar-refractivity contribution is 5.94. The van der Waals surface area contributed by atoms with Crippen LogP contribution in [0.4, 0.5) is 4.39 Å². The fourth-order valence-electron chi connectivity index (χ4n) is 3.39. The number of rotatable bonds is 5. The van der Waals surface area contributed by atoms with Crippen molar-refractivity contribution in [2.75, 3.05) is 0 Å². The highest BCUT2D eigenvalue weighted by Crippen LogP contribution is 2.24. The first-order valence-corrected chi connectivity index (χ1v) is 9.77. The predicted molar refractivity (Wildman–Crippen MR) is 116 cm³/mol. The first kappa shape index (κ1) is 19.6. The Labute approximate surface area is 175 Å². The number of benzene rings is 3. The third-order valence-corrected chi connectivity index (χ3v) is 4.96. The monoisotopic (exact) mass is 399 g/mol. The molecule has 0 bridgehead atoms. The van der Waals surface area contributed by atoms with E-state index >= 15 is 0 Å². The number of hydrogen-bond donors (Lipinski definition) is 1. The Hall–Kier alpha value is -3.73. The molecule has 5 heteroatoms. The van der Waals surface area contributed by atoms with E-state index in [4.69, 9.17) is 5.10 Å². The molecule has 0 unspecified atom stereocenters. The molecule has 0 saturated carbocycles. The van der Waals surface area contributed by atoms with Crippen LogP contribution in [0, 0.1) is 19.7 Å². The molecular weight excluding hydrogens is 377 g/mol. The minimum absolute atomic E-state index is 0.242. The normalized spacial score (nSPS) is 10.8. The van der Waals surface area contributed by atoms with Crippen LogP contribution in [0.15, 0.2) is 78.9 Å². The van der Waals surface area contributed by atoms with Gasteiger partial charge in [0.1, 0.15) is 11.5 Å². The summed E-state index contributed by atoms with van der Waals surface area (Å²) in [6.45, 7) is 4.34. The van der Waals surface area contributed by atoms with Crippen LogP contribution in [-0.4, -0.2) is 15.7 Å². The zero-order valence-corrected chi connectivity index (χ0v) is 16.9. The molecule has 4 nitrogen and oxygen atoms in total. The molecule has 4 rings (SSSR count). The number of carbonyl (C=O) groups is 1. The minimum atomic E-state index is -0.300. The molecule has 0 atom stereocenters. The fourth-order valence-corrected chi connectivity index (χ4v) is 3.39. The van der Waals surface area contributed by atoms with Crippen molar-refractivity contribution in [3.05, 3.63) is 107 Å². The molecular formula is C25H22FN3O. The Bertz CT molecular complexity index is 1180. The predicted octanol–water partition coefficient (Wildman–Crippen LogP) is 5.23. The van der Waals surface area contributed by atoms with Crippen LogP contribution in [0.2, 0.25) is 0 Å². The summed E-state index contributed by atoms with van der Waals surface area (Å²) in [6, 6.07) is 23.7. The van der Waals surface area contributed by atoms with Crippen LogP contribution in [0.25, 0.3) is 16.9 Å². The zero-order chi connectivity index (χ0) is 21.1. The molecule has 0 saturated heterocycles. The van der Waals surface area contributed by atoms with Gasteiger partial charge in [0.2, 0.25) is 0 Å². The molecule has 1 aromatic heterocycles. The van der Waals surface area contributed by atoms with E-state index in [9.17, 15) is 9.18 Å². The van der Waals surface area contributed by atoms with Gasteiger partial charge >= 0.3 is 0 Å². The first-order valence-electron chi connectivity index (χ1n) is 9.77. The average Bonchev–Trinajstić information content (AvgIpc) is 3.19. The van der Waals surface area contributed by atoms with Crippen molar-refractivity contribution in [1.82, 2.24) is 15.1 Å². The Kier molecular flexibility index (Phi) is 5.44. The van der Waals surface area contributed by atoms with E-state index in [0.29, 0.717) is 12.2 Å². The molecule has 1 amide bonds. The number of aryl methyl sites for hydroxylation is 2. The molecule has 0 aliphatic heterocycles. The lowest BCUT2D eigenvalue weighted by molar-refractivity contribution is 0.0943. The number of nitrogens with one attached hydrogen (secondary N) is 1. The van der Waals surface area contributed by atoms with Gasteiger partial charge in [-0.2, -0.15) is 5.10 Å². The second kappa shape index (κ2) is 8.33. The summed E-state index contributed by atoms with van der Waals surface area (Å²) in [6.07, 6.45) is 0. The largest absolute Gasteiger partial charge is 0.347 e. The van der Waals surface area contributed by atoms with Crippen molar-refractivity contribution < 1.29 is 9.18 Å². The highest BCUT2D eigenvalue weighted by Gasteiger charge is 2.18. The van der Waals surface area contributed by atoms with Gasteiger partial charge in [0, 0.05) is 12.1 Å². The quantitative estimate of drug-likeness (QED) is 0.500. The second-order valence-corrected chi connectivity index (χ2v) is 7.29. The van der Waals surface area contributed by atoms with Crippen LogP contribution < -0.4 is 5.32 Å². The topological polar surface area (TPSA) is 46.9 Å². The van der Waals surface area contributed by atoms with Crippen molar-refractivity contribution in [2.45, 2.75) is 20.4 Å². The number of halogens is 1. The Balaban J connectivity index is 1.70. The van der Waals surface area contributed by atoms with E-state index in [2.05, 4.69) is 11.4 Å². The minimum Gasteiger partial charge on any atom is -0.347 e. The molecule has 0 aliphatic rings. The van der Waals surface area contributed by atoms with Crippen molar-refractivity contribution in [2.24, 2.45) is 0 Å². The van der Waals surface area contributed by atoms with Crippen molar-refractivity contribution in [1.29, 1.82) is 0 Å². The Morgan fingerprint density at radius 3 is 2.40 bits per heavy atom. The summed E-state index contributed by atoms with van der Waals surface area (Å²) in [5.74, 6) is -0.542. The second-order valence-electron chi connectivity index (χ2n) is 7.29. The molecule has 0 spiro atoms. The van der Waals surface area contributed by atoms with Crippen LogP contribution in [-0.2, 0) is 6.54 Å². The summed E-state index contributed by atoms with van der Waals surface area (Å²) >= 11 is 0. The van der Waals surface area contributed by atoms with Gasteiger partial charge in [-0.1, -0.05) is 60.2 Å². The number of amides is 1. The van der Waals surface area contributed by atoms with E-state index in [0.717, 1.165) is 33.6 Å². The highest BCUT2D eigenvalue weighted by atomic mass is 19.1. The van der Waals surface area contributed by atoms with Gasteiger partial charge < -0.3 is 5.32 Å². The molecule has 0 fully saturated rings. The van der Waals surface area contributed by atoms with Gasteiger partial charge in [-0.3, -0.25) is 4.79 Å². The lowest BCUT2D eigenvalue weighted by Gasteiger charge is -2.11.